The Kier molecular flexibility index (Phi) is 4.43. The van der Waals surface area contributed by atoms with E-state index in [9.17, 15) is 4.79 Å². The van der Waals surface area contributed by atoms with Crippen molar-refractivity contribution in [2.24, 2.45) is 0 Å². The van der Waals surface area contributed by atoms with Crippen LogP contribution < -0.4 is 0 Å². The maximum absolute atomic E-state index is 12.1. The molecule has 94 valence electrons. The molecule has 1 atom stereocenters. The van der Waals surface area contributed by atoms with E-state index in [4.69, 9.17) is 0 Å². The van der Waals surface area contributed by atoms with Gasteiger partial charge in [-0.05, 0) is 23.3 Å². The summed E-state index contributed by atoms with van der Waals surface area (Å²) in [5.74, 6) is 0.805. The molecule has 0 aliphatic carbocycles. The summed E-state index contributed by atoms with van der Waals surface area (Å²) in [5.41, 5.74) is 0.824. The minimum Gasteiger partial charge on any atom is -0.293 e. The van der Waals surface area contributed by atoms with Gasteiger partial charge in [0.05, 0.1) is 5.75 Å². The van der Waals surface area contributed by atoms with E-state index >= 15 is 0 Å². The first-order valence-electron chi connectivity index (χ1n) is 6.34. The summed E-state index contributed by atoms with van der Waals surface area (Å²) in [5, 5.41) is 2.87. The van der Waals surface area contributed by atoms with Crippen molar-refractivity contribution < 1.29 is 4.79 Å². The summed E-state index contributed by atoms with van der Waals surface area (Å²) in [6, 6.07) is 14.1. The van der Waals surface area contributed by atoms with Crippen LogP contribution in [0.2, 0.25) is 0 Å². The van der Waals surface area contributed by atoms with Gasteiger partial charge in [-0.1, -0.05) is 50.2 Å². The van der Waals surface area contributed by atoms with Gasteiger partial charge >= 0.3 is 0 Å². The molecule has 0 aliphatic rings. The highest BCUT2D eigenvalue weighted by molar-refractivity contribution is 8.00. The lowest BCUT2D eigenvalue weighted by Crippen LogP contribution is -2.06. The lowest BCUT2D eigenvalue weighted by Gasteiger charge is -2.07. The number of carbonyl (C=O) groups excluding carboxylic acids is 1. The van der Waals surface area contributed by atoms with Crippen molar-refractivity contribution in [1.82, 2.24) is 0 Å². The van der Waals surface area contributed by atoms with E-state index in [1.807, 2.05) is 36.4 Å². The maximum Gasteiger partial charge on any atom is 0.172 e. The number of hydrogen-bond donors (Lipinski definition) is 0. The highest BCUT2D eigenvalue weighted by atomic mass is 32.2. The Labute approximate surface area is 113 Å². The van der Waals surface area contributed by atoms with Crippen LogP contribution in [0, 0.1) is 0 Å². The second-order valence-corrected chi connectivity index (χ2v) is 5.94. The first-order valence-corrected chi connectivity index (χ1v) is 7.39. The normalized spacial score (nSPS) is 12.6. The topological polar surface area (TPSA) is 17.1 Å². The van der Waals surface area contributed by atoms with Crippen molar-refractivity contribution in [3.05, 3.63) is 48.0 Å². The average Bonchev–Trinajstić information content (AvgIpc) is 2.43. The summed E-state index contributed by atoms with van der Waals surface area (Å²) >= 11 is 1.74. The molecular formula is C16H18OS. The monoisotopic (exact) mass is 258 g/mol. The van der Waals surface area contributed by atoms with Gasteiger partial charge in [-0.3, -0.25) is 4.79 Å². The number of fused-ring (bicyclic) bond motifs is 1. The van der Waals surface area contributed by atoms with E-state index in [0.29, 0.717) is 11.0 Å². The second kappa shape index (κ2) is 6.05. The first kappa shape index (κ1) is 13.2. The predicted molar refractivity (Wildman–Crippen MR) is 80.5 cm³/mol. The van der Waals surface area contributed by atoms with E-state index in [0.717, 1.165) is 17.4 Å². The molecule has 1 unspecified atom stereocenters. The van der Waals surface area contributed by atoms with Crippen LogP contribution in [0.15, 0.2) is 42.5 Å². The van der Waals surface area contributed by atoms with E-state index in [1.165, 1.54) is 5.39 Å². The van der Waals surface area contributed by atoms with Crippen LogP contribution in [-0.2, 0) is 0 Å². The Hall–Kier alpha value is -1.28. The molecule has 0 bridgehead atoms. The third-order valence-corrected chi connectivity index (χ3v) is 4.48. The molecule has 0 amide bonds. The molecule has 0 aliphatic heterocycles. The highest BCUT2D eigenvalue weighted by Gasteiger charge is 2.08. The fraction of sp³-hybridized carbons (Fsp3) is 0.312. The zero-order valence-corrected chi connectivity index (χ0v) is 11.7. The molecule has 18 heavy (non-hydrogen) atoms. The zero-order chi connectivity index (χ0) is 13.0. The summed E-state index contributed by atoms with van der Waals surface area (Å²) in [6.45, 7) is 4.32. The molecule has 1 nitrogen and oxygen atoms in total. The fourth-order valence-electron chi connectivity index (χ4n) is 1.78. The summed E-state index contributed by atoms with van der Waals surface area (Å²) < 4.78 is 0. The molecule has 2 heteroatoms. The van der Waals surface area contributed by atoms with Gasteiger partial charge < -0.3 is 0 Å². The van der Waals surface area contributed by atoms with E-state index in [1.54, 1.807) is 11.8 Å². The number of carbonyl (C=O) groups is 1. The first-order chi connectivity index (χ1) is 8.70. The third kappa shape index (κ3) is 3.14. The Bertz CT molecular complexity index is 548. The Balaban J connectivity index is 2.13. The van der Waals surface area contributed by atoms with Gasteiger partial charge in [-0.25, -0.2) is 0 Å². The largest absolute Gasteiger partial charge is 0.293 e. The zero-order valence-electron chi connectivity index (χ0n) is 10.8. The summed E-state index contributed by atoms with van der Waals surface area (Å²) in [6.07, 6.45) is 1.11. The lowest BCUT2D eigenvalue weighted by molar-refractivity contribution is 0.102. The minimum atomic E-state index is 0.228. The van der Waals surface area contributed by atoms with Crippen LogP contribution in [0.4, 0.5) is 0 Å². The van der Waals surface area contributed by atoms with Crippen LogP contribution in [0.3, 0.4) is 0 Å². The quantitative estimate of drug-likeness (QED) is 0.732. The average molecular weight is 258 g/mol. The SMILES string of the molecule is CCC(C)SCC(=O)c1ccc2ccccc2c1. The molecule has 2 aromatic carbocycles. The van der Waals surface area contributed by atoms with Crippen LogP contribution >= 0.6 is 11.8 Å². The van der Waals surface area contributed by atoms with Gasteiger partial charge in [0.1, 0.15) is 0 Å². The smallest absolute Gasteiger partial charge is 0.172 e. The molecule has 0 radical (unpaired) electrons. The van der Waals surface area contributed by atoms with Crippen LogP contribution in [-0.4, -0.2) is 16.8 Å². The van der Waals surface area contributed by atoms with Gasteiger partial charge in [0, 0.05) is 10.8 Å². The molecule has 0 heterocycles. The number of thioether (sulfide) groups is 1. The van der Waals surface area contributed by atoms with Crippen LogP contribution in [0.25, 0.3) is 10.8 Å². The molecular weight excluding hydrogens is 240 g/mol. The van der Waals surface area contributed by atoms with E-state index < -0.39 is 0 Å². The number of Topliss-reactive ketones (excluding diaryl/α,β-unsaturated/α-hetero) is 1. The Morgan fingerprint density at radius 3 is 2.61 bits per heavy atom. The molecule has 0 spiro atoms. The van der Waals surface area contributed by atoms with Crippen molar-refractivity contribution in [2.45, 2.75) is 25.5 Å². The molecule has 0 N–H and O–H groups in total. The Morgan fingerprint density at radius 2 is 1.89 bits per heavy atom. The minimum absolute atomic E-state index is 0.228. The molecule has 2 rings (SSSR count). The van der Waals surface area contributed by atoms with Gasteiger partial charge in [-0.15, -0.1) is 0 Å². The number of ketones is 1. The van der Waals surface area contributed by atoms with Gasteiger partial charge in [0.2, 0.25) is 0 Å². The predicted octanol–water partition coefficient (Wildman–Crippen LogP) is 4.55. The van der Waals surface area contributed by atoms with Crippen molar-refractivity contribution in [1.29, 1.82) is 0 Å². The summed E-state index contributed by atoms with van der Waals surface area (Å²) in [4.78, 5) is 12.1. The van der Waals surface area contributed by atoms with Gasteiger partial charge in [-0.2, -0.15) is 11.8 Å². The number of rotatable bonds is 5. The lowest BCUT2D eigenvalue weighted by atomic mass is 10.1. The van der Waals surface area contributed by atoms with Gasteiger partial charge in [0.25, 0.3) is 0 Å². The third-order valence-electron chi connectivity index (χ3n) is 3.15. The van der Waals surface area contributed by atoms with Gasteiger partial charge in [0.15, 0.2) is 5.78 Å². The fourth-order valence-corrected chi connectivity index (χ4v) is 2.62. The number of benzene rings is 2. The highest BCUT2D eigenvalue weighted by Crippen LogP contribution is 2.19. The summed E-state index contributed by atoms with van der Waals surface area (Å²) in [7, 11) is 0. The van der Waals surface area contributed by atoms with E-state index in [-0.39, 0.29) is 5.78 Å². The van der Waals surface area contributed by atoms with Crippen molar-refractivity contribution in [3.8, 4) is 0 Å². The molecule has 2 aromatic rings. The van der Waals surface area contributed by atoms with Crippen LogP contribution in [0.5, 0.6) is 0 Å². The van der Waals surface area contributed by atoms with E-state index in [2.05, 4.69) is 19.9 Å². The van der Waals surface area contributed by atoms with Crippen molar-refractivity contribution >= 4 is 28.3 Å². The Morgan fingerprint density at radius 1 is 1.17 bits per heavy atom. The second-order valence-electron chi connectivity index (χ2n) is 4.51. The standard InChI is InChI=1S/C16H18OS/c1-3-12(2)18-11-16(17)15-9-8-13-6-4-5-7-14(13)10-15/h4-10,12H,3,11H2,1-2H3. The van der Waals surface area contributed by atoms with Crippen molar-refractivity contribution in [3.63, 3.8) is 0 Å². The molecule has 0 saturated heterocycles. The maximum atomic E-state index is 12.1. The molecule has 0 fully saturated rings. The molecule has 0 saturated carbocycles. The van der Waals surface area contributed by atoms with Crippen molar-refractivity contribution in [2.75, 3.05) is 5.75 Å². The number of hydrogen-bond acceptors (Lipinski definition) is 2. The van der Waals surface area contributed by atoms with Crippen LogP contribution in [0.1, 0.15) is 30.6 Å². The molecule has 0 aromatic heterocycles.